The molecule has 7 heteroatoms. The highest BCUT2D eigenvalue weighted by Gasteiger charge is 2.34. The van der Waals surface area contributed by atoms with Crippen molar-refractivity contribution in [1.82, 2.24) is 15.5 Å². The lowest BCUT2D eigenvalue weighted by atomic mass is 10.1. The second kappa shape index (κ2) is 8.11. The molecule has 0 spiro atoms. The van der Waals surface area contributed by atoms with Crippen LogP contribution >= 0.6 is 0 Å². The van der Waals surface area contributed by atoms with Gasteiger partial charge in [0.05, 0.1) is 23.3 Å². The van der Waals surface area contributed by atoms with Gasteiger partial charge in [-0.3, -0.25) is 19.5 Å². The second-order valence-electron chi connectivity index (χ2n) is 6.39. The van der Waals surface area contributed by atoms with E-state index in [2.05, 4.69) is 15.6 Å². The molecule has 7 nitrogen and oxygen atoms in total. The van der Waals surface area contributed by atoms with Gasteiger partial charge in [0, 0.05) is 26.7 Å². The number of guanidine groups is 1. The van der Waals surface area contributed by atoms with Gasteiger partial charge >= 0.3 is 0 Å². The van der Waals surface area contributed by atoms with E-state index in [9.17, 15) is 9.59 Å². The lowest BCUT2D eigenvalue weighted by molar-refractivity contribution is 0.0310. The molecule has 0 fully saturated rings. The largest absolute Gasteiger partial charge is 0.377 e. The molecule has 0 atom stereocenters. The summed E-state index contributed by atoms with van der Waals surface area (Å²) in [6, 6.07) is 6.89. The average Bonchev–Trinajstić information content (AvgIpc) is 2.85. The van der Waals surface area contributed by atoms with Crippen molar-refractivity contribution in [2.75, 3.05) is 33.3 Å². The van der Waals surface area contributed by atoms with E-state index in [1.165, 1.54) is 4.90 Å². The first-order valence-corrected chi connectivity index (χ1v) is 8.42. The Labute approximate surface area is 148 Å². The monoisotopic (exact) mass is 346 g/mol. The maximum absolute atomic E-state index is 12.3. The van der Waals surface area contributed by atoms with E-state index in [-0.39, 0.29) is 24.0 Å². The number of carbonyl (C=O) groups excluding carboxylic acids is 2. The fourth-order valence-corrected chi connectivity index (χ4v) is 2.40. The van der Waals surface area contributed by atoms with Crippen LogP contribution in [0.1, 0.15) is 41.5 Å². The quantitative estimate of drug-likeness (QED) is 0.441. The molecule has 1 aliphatic heterocycles. The Morgan fingerprint density at radius 2 is 1.76 bits per heavy atom. The minimum Gasteiger partial charge on any atom is -0.377 e. The summed E-state index contributed by atoms with van der Waals surface area (Å²) in [6.07, 6.45) is 0. The average molecular weight is 346 g/mol. The number of amides is 2. The number of rotatable bonds is 7. The number of hydrogen-bond donors (Lipinski definition) is 2. The fourth-order valence-electron chi connectivity index (χ4n) is 2.40. The smallest absolute Gasteiger partial charge is 0.261 e. The lowest BCUT2D eigenvalue weighted by Gasteiger charge is -2.21. The molecule has 136 valence electrons. The Bertz CT molecular complexity index is 635. The number of nitrogens with one attached hydrogen (secondary N) is 2. The van der Waals surface area contributed by atoms with Crippen molar-refractivity contribution < 1.29 is 14.3 Å². The van der Waals surface area contributed by atoms with Crippen molar-refractivity contribution in [2.24, 2.45) is 4.99 Å². The fraction of sp³-hybridized carbons (Fsp3) is 0.500. The van der Waals surface area contributed by atoms with E-state index in [1.54, 1.807) is 31.4 Å². The SMILES string of the molecule is CCNC(=NCC(C)(C)OC)NCCN1C(=O)c2ccccc2C1=O. The summed E-state index contributed by atoms with van der Waals surface area (Å²) in [4.78, 5) is 30.4. The second-order valence-corrected chi connectivity index (χ2v) is 6.39. The molecule has 2 N–H and O–H groups in total. The van der Waals surface area contributed by atoms with Gasteiger partial charge in [0.25, 0.3) is 11.8 Å². The van der Waals surface area contributed by atoms with Gasteiger partial charge in [-0.2, -0.15) is 0 Å². The van der Waals surface area contributed by atoms with Gasteiger partial charge in [0.15, 0.2) is 5.96 Å². The van der Waals surface area contributed by atoms with E-state index in [0.717, 1.165) is 0 Å². The number of methoxy groups -OCH3 is 1. The third-order valence-corrected chi connectivity index (χ3v) is 4.02. The minimum absolute atomic E-state index is 0.246. The van der Waals surface area contributed by atoms with Gasteiger partial charge in [-0.15, -0.1) is 0 Å². The Kier molecular flexibility index (Phi) is 6.14. The molecule has 1 heterocycles. The zero-order valence-electron chi connectivity index (χ0n) is 15.3. The minimum atomic E-state index is -0.356. The number of nitrogens with zero attached hydrogens (tertiary/aromatic N) is 2. The standard InChI is InChI=1S/C18H26N4O3/c1-5-19-17(21-12-18(2,3)25-4)20-10-11-22-15(23)13-8-6-7-9-14(13)16(22)24/h6-9H,5,10-12H2,1-4H3,(H2,19,20,21). The Hall–Kier alpha value is -2.41. The summed E-state index contributed by atoms with van der Waals surface area (Å²) in [6.45, 7) is 7.80. The maximum atomic E-state index is 12.3. The van der Waals surface area contributed by atoms with E-state index < -0.39 is 0 Å². The molecule has 2 amide bonds. The molecule has 0 aliphatic carbocycles. The van der Waals surface area contributed by atoms with Crippen LogP contribution in [-0.4, -0.2) is 61.6 Å². The van der Waals surface area contributed by atoms with Crippen LogP contribution in [0.4, 0.5) is 0 Å². The molecule has 0 saturated carbocycles. The first-order valence-electron chi connectivity index (χ1n) is 8.42. The molecule has 0 saturated heterocycles. The number of fused-ring (bicyclic) bond motifs is 1. The zero-order chi connectivity index (χ0) is 18.4. The number of aliphatic imine (C=N–C) groups is 1. The van der Waals surface area contributed by atoms with E-state index in [0.29, 0.717) is 36.7 Å². The highest BCUT2D eigenvalue weighted by molar-refractivity contribution is 6.21. The normalized spacial score (nSPS) is 14.7. The van der Waals surface area contributed by atoms with Crippen molar-refractivity contribution in [3.63, 3.8) is 0 Å². The van der Waals surface area contributed by atoms with Gasteiger partial charge in [-0.25, -0.2) is 0 Å². The predicted molar refractivity (Wildman–Crippen MR) is 96.9 cm³/mol. The summed E-state index contributed by atoms with van der Waals surface area (Å²) in [5, 5.41) is 6.29. The summed E-state index contributed by atoms with van der Waals surface area (Å²) in [5.41, 5.74) is 0.579. The lowest BCUT2D eigenvalue weighted by Crippen LogP contribution is -2.43. The van der Waals surface area contributed by atoms with Gasteiger partial charge in [0.1, 0.15) is 0 Å². The van der Waals surface area contributed by atoms with Gasteiger partial charge in [0.2, 0.25) is 0 Å². The summed E-state index contributed by atoms with van der Waals surface area (Å²) >= 11 is 0. The summed E-state index contributed by atoms with van der Waals surface area (Å²) < 4.78 is 5.36. The molecule has 1 aromatic carbocycles. The van der Waals surface area contributed by atoms with Crippen LogP contribution in [0.2, 0.25) is 0 Å². The van der Waals surface area contributed by atoms with E-state index in [1.807, 2.05) is 20.8 Å². The van der Waals surface area contributed by atoms with Crippen molar-refractivity contribution in [1.29, 1.82) is 0 Å². The Morgan fingerprint density at radius 3 is 2.28 bits per heavy atom. The van der Waals surface area contributed by atoms with Crippen LogP contribution in [0.5, 0.6) is 0 Å². The van der Waals surface area contributed by atoms with Crippen LogP contribution in [0.25, 0.3) is 0 Å². The number of benzene rings is 1. The predicted octanol–water partition coefficient (Wildman–Crippen LogP) is 1.26. The molecule has 0 unspecified atom stereocenters. The number of carbonyl (C=O) groups is 2. The van der Waals surface area contributed by atoms with Crippen LogP contribution in [-0.2, 0) is 4.74 Å². The van der Waals surface area contributed by atoms with Crippen molar-refractivity contribution in [2.45, 2.75) is 26.4 Å². The van der Waals surface area contributed by atoms with Crippen molar-refractivity contribution >= 4 is 17.8 Å². The number of hydrogen-bond acceptors (Lipinski definition) is 4. The molecule has 1 aliphatic rings. The molecule has 0 aromatic heterocycles. The third-order valence-electron chi connectivity index (χ3n) is 4.02. The van der Waals surface area contributed by atoms with Crippen LogP contribution in [0.15, 0.2) is 29.3 Å². The molecule has 0 bridgehead atoms. The molecular weight excluding hydrogens is 320 g/mol. The first-order chi connectivity index (χ1) is 11.9. The topological polar surface area (TPSA) is 83.0 Å². The molecule has 1 aromatic rings. The van der Waals surface area contributed by atoms with E-state index in [4.69, 9.17) is 4.74 Å². The van der Waals surface area contributed by atoms with Crippen LogP contribution in [0, 0.1) is 0 Å². The third kappa shape index (κ3) is 4.57. The van der Waals surface area contributed by atoms with Crippen LogP contribution in [0.3, 0.4) is 0 Å². The number of ether oxygens (including phenoxy) is 1. The molecular formula is C18H26N4O3. The van der Waals surface area contributed by atoms with Crippen molar-refractivity contribution in [3.8, 4) is 0 Å². The first kappa shape index (κ1) is 18.9. The molecule has 0 radical (unpaired) electrons. The summed E-state index contributed by atoms with van der Waals surface area (Å²) in [5.74, 6) is 0.138. The molecule has 2 rings (SSSR count). The maximum Gasteiger partial charge on any atom is 0.261 e. The zero-order valence-corrected chi connectivity index (χ0v) is 15.3. The van der Waals surface area contributed by atoms with Gasteiger partial charge < -0.3 is 15.4 Å². The Morgan fingerprint density at radius 1 is 1.16 bits per heavy atom. The van der Waals surface area contributed by atoms with Crippen LogP contribution < -0.4 is 10.6 Å². The number of imide groups is 1. The van der Waals surface area contributed by atoms with Gasteiger partial charge in [-0.1, -0.05) is 12.1 Å². The van der Waals surface area contributed by atoms with Gasteiger partial charge in [-0.05, 0) is 32.9 Å². The van der Waals surface area contributed by atoms with Crippen molar-refractivity contribution in [3.05, 3.63) is 35.4 Å². The highest BCUT2D eigenvalue weighted by Crippen LogP contribution is 2.21. The summed E-state index contributed by atoms with van der Waals surface area (Å²) in [7, 11) is 1.65. The highest BCUT2D eigenvalue weighted by atomic mass is 16.5. The molecule has 25 heavy (non-hydrogen) atoms. The van der Waals surface area contributed by atoms with E-state index >= 15 is 0 Å². The Balaban J connectivity index is 1.93.